The van der Waals surface area contributed by atoms with Gasteiger partial charge in [-0.2, -0.15) is 9.40 Å². The number of hydrogen-bond acceptors (Lipinski definition) is 6. The van der Waals surface area contributed by atoms with E-state index in [9.17, 15) is 13.2 Å². The molecule has 2 aromatic heterocycles. The summed E-state index contributed by atoms with van der Waals surface area (Å²) >= 11 is 1.35. The molecule has 1 amide bonds. The molecule has 3 aromatic rings. The first-order chi connectivity index (χ1) is 13.9. The lowest BCUT2D eigenvalue weighted by atomic mass is 10.1. The first kappa shape index (κ1) is 19.7. The van der Waals surface area contributed by atoms with E-state index in [0.717, 1.165) is 11.3 Å². The molecule has 0 unspecified atom stereocenters. The Morgan fingerprint density at radius 1 is 1.24 bits per heavy atom. The molecule has 0 saturated carbocycles. The molecule has 1 atom stereocenters. The third-order valence-electron chi connectivity index (χ3n) is 4.91. The van der Waals surface area contributed by atoms with Gasteiger partial charge in [0.2, 0.25) is 10.0 Å². The highest BCUT2D eigenvalue weighted by Crippen LogP contribution is 2.23. The highest BCUT2D eigenvalue weighted by molar-refractivity contribution is 7.89. The maximum atomic E-state index is 13.3. The molecule has 1 aromatic carbocycles. The largest absolute Gasteiger partial charge is 0.350 e. The number of rotatable bonds is 5. The monoisotopic (exact) mass is 431 g/mol. The van der Waals surface area contributed by atoms with Crippen molar-refractivity contribution in [2.75, 3.05) is 13.1 Å². The Morgan fingerprint density at radius 3 is 2.76 bits per heavy atom. The van der Waals surface area contributed by atoms with Gasteiger partial charge in [0.05, 0.1) is 22.6 Å². The summed E-state index contributed by atoms with van der Waals surface area (Å²) < 4.78 is 29.8. The number of fused-ring (bicyclic) bond motifs is 1. The van der Waals surface area contributed by atoms with Crippen LogP contribution in [0.25, 0.3) is 0 Å². The Bertz CT molecular complexity index is 1090. The molecular formula is C19H21N5O3S2. The number of aryl methyl sites for hydroxylation is 1. The molecule has 0 radical (unpaired) electrons. The average molecular weight is 432 g/mol. The molecular weight excluding hydrogens is 410 g/mol. The zero-order valence-electron chi connectivity index (χ0n) is 15.9. The summed E-state index contributed by atoms with van der Waals surface area (Å²) in [7, 11) is -3.67. The van der Waals surface area contributed by atoms with Crippen molar-refractivity contribution in [3.05, 3.63) is 64.4 Å². The average Bonchev–Trinajstić information content (AvgIpc) is 3.35. The number of nitrogens with one attached hydrogen (secondary N) is 1. The molecule has 0 spiro atoms. The number of nitrogens with zero attached hydrogens (tertiary/aromatic N) is 4. The molecule has 1 N–H and O–H groups in total. The Balaban J connectivity index is 1.56. The van der Waals surface area contributed by atoms with Crippen LogP contribution >= 0.6 is 11.3 Å². The normalized spacial score (nSPS) is 17.5. The van der Waals surface area contributed by atoms with Crippen LogP contribution in [0.3, 0.4) is 0 Å². The van der Waals surface area contributed by atoms with E-state index in [-0.39, 0.29) is 29.8 Å². The smallest absolute Gasteiger partial charge is 0.270 e. The van der Waals surface area contributed by atoms with E-state index in [4.69, 9.17) is 0 Å². The van der Waals surface area contributed by atoms with E-state index >= 15 is 0 Å². The highest BCUT2D eigenvalue weighted by atomic mass is 32.2. The summed E-state index contributed by atoms with van der Waals surface area (Å²) in [5, 5.41) is 8.87. The minimum absolute atomic E-state index is 0.126. The van der Waals surface area contributed by atoms with Crippen molar-refractivity contribution < 1.29 is 13.2 Å². The van der Waals surface area contributed by atoms with Gasteiger partial charge >= 0.3 is 0 Å². The molecule has 8 nitrogen and oxygen atoms in total. The molecule has 0 fully saturated rings. The second-order valence-electron chi connectivity index (χ2n) is 7.07. The number of aromatic nitrogens is 3. The lowest BCUT2D eigenvalue weighted by Crippen LogP contribution is -2.39. The zero-order chi connectivity index (χ0) is 20.4. The van der Waals surface area contributed by atoms with Crippen molar-refractivity contribution in [3.8, 4) is 0 Å². The van der Waals surface area contributed by atoms with Gasteiger partial charge in [-0.15, -0.1) is 11.3 Å². The third-order valence-corrected chi connectivity index (χ3v) is 7.32. The van der Waals surface area contributed by atoms with Crippen LogP contribution in [-0.2, 0) is 23.1 Å². The SMILES string of the molecule is Cc1ccc(S(=O)(=O)N2Cc3ccnn3C[C@H](CNC(=O)c3cscn3)C2)cc1. The standard InChI is InChI=1S/C19H21N5O3S2/c1-14-2-4-17(5-3-14)29(26,27)23-9-15(10-24-16(11-23)6-7-22-24)8-20-19(25)18-12-28-13-21-18/h2-7,12-13,15H,8-11H2,1H3,(H,20,25)/t15-/m1/s1. The molecule has 1 aliphatic rings. The van der Waals surface area contributed by atoms with Gasteiger partial charge in [-0.3, -0.25) is 9.48 Å². The van der Waals surface area contributed by atoms with E-state index in [2.05, 4.69) is 15.4 Å². The minimum atomic E-state index is -3.67. The third kappa shape index (κ3) is 4.24. The van der Waals surface area contributed by atoms with Crippen LogP contribution in [0.2, 0.25) is 0 Å². The first-order valence-electron chi connectivity index (χ1n) is 9.17. The van der Waals surface area contributed by atoms with Crippen molar-refractivity contribution in [3.63, 3.8) is 0 Å². The topological polar surface area (TPSA) is 97.2 Å². The number of carbonyl (C=O) groups is 1. The maximum Gasteiger partial charge on any atom is 0.270 e. The first-order valence-corrected chi connectivity index (χ1v) is 11.6. The fraction of sp³-hybridized carbons (Fsp3) is 0.316. The van der Waals surface area contributed by atoms with E-state index < -0.39 is 10.0 Å². The Kier molecular flexibility index (Phi) is 5.48. The fourth-order valence-electron chi connectivity index (χ4n) is 3.32. The molecule has 3 heterocycles. The molecule has 152 valence electrons. The Labute approximate surface area is 173 Å². The van der Waals surface area contributed by atoms with Crippen LogP contribution < -0.4 is 5.32 Å². The van der Waals surface area contributed by atoms with E-state index in [1.54, 1.807) is 41.4 Å². The lowest BCUT2D eigenvalue weighted by Gasteiger charge is -2.24. The second kappa shape index (κ2) is 8.05. The molecule has 0 aliphatic carbocycles. The summed E-state index contributed by atoms with van der Waals surface area (Å²) in [5.74, 6) is -0.386. The van der Waals surface area contributed by atoms with Crippen LogP contribution in [0.4, 0.5) is 0 Å². The zero-order valence-corrected chi connectivity index (χ0v) is 17.5. The predicted octanol–water partition coefficient (Wildman–Crippen LogP) is 1.90. The Morgan fingerprint density at radius 2 is 2.03 bits per heavy atom. The summed E-state index contributed by atoms with van der Waals surface area (Å²) in [6.45, 7) is 3.31. The molecule has 0 bridgehead atoms. The Hall–Kier alpha value is -2.56. The van der Waals surface area contributed by atoms with Crippen LogP contribution in [0, 0.1) is 12.8 Å². The number of carbonyl (C=O) groups excluding carboxylic acids is 1. The van der Waals surface area contributed by atoms with E-state index in [1.165, 1.54) is 15.6 Å². The summed E-state index contributed by atoms with van der Waals surface area (Å²) in [4.78, 5) is 16.5. The predicted molar refractivity (Wildman–Crippen MR) is 109 cm³/mol. The van der Waals surface area contributed by atoms with Crippen LogP contribution in [0.1, 0.15) is 21.7 Å². The van der Waals surface area contributed by atoms with E-state index in [1.807, 2.05) is 17.7 Å². The number of sulfonamides is 1. The van der Waals surface area contributed by atoms with Gasteiger partial charge < -0.3 is 5.32 Å². The second-order valence-corrected chi connectivity index (χ2v) is 9.72. The van der Waals surface area contributed by atoms with Crippen molar-refractivity contribution >= 4 is 27.3 Å². The number of thiazole rings is 1. The van der Waals surface area contributed by atoms with Gasteiger partial charge in [0.1, 0.15) is 5.69 Å². The van der Waals surface area contributed by atoms with Crippen LogP contribution in [0.5, 0.6) is 0 Å². The summed E-state index contributed by atoms with van der Waals surface area (Å²) in [5.41, 5.74) is 3.80. The van der Waals surface area contributed by atoms with Crippen LogP contribution in [-0.4, -0.2) is 46.5 Å². The van der Waals surface area contributed by atoms with Gasteiger partial charge in [0.25, 0.3) is 5.91 Å². The molecule has 4 rings (SSSR count). The van der Waals surface area contributed by atoms with Crippen molar-refractivity contribution in [1.29, 1.82) is 0 Å². The number of hydrogen-bond donors (Lipinski definition) is 1. The van der Waals surface area contributed by atoms with Gasteiger partial charge in [-0.05, 0) is 25.1 Å². The summed E-state index contributed by atoms with van der Waals surface area (Å²) in [6, 6.07) is 8.67. The molecule has 29 heavy (non-hydrogen) atoms. The molecule has 10 heteroatoms. The lowest BCUT2D eigenvalue weighted by molar-refractivity contribution is 0.0940. The van der Waals surface area contributed by atoms with E-state index in [0.29, 0.717) is 18.8 Å². The number of amides is 1. The van der Waals surface area contributed by atoms with Gasteiger partial charge in [0, 0.05) is 37.1 Å². The molecule has 1 aliphatic heterocycles. The van der Waals surface area contributed by atoms with Crippen molar-refractivity contribution in [2.24, 2.45) is 5.92 Å². The molecule has 0 saturated heterocycles. The summed E-state index contributed by atoms with van der Waals surface area (Å²) in [6.07, 6.45) is 1.67. The van der Waals surface area contributed by atoms with Crippen LogP contribution in [0.15, 0.2) is 52.3 Å². The minimum Gasteiger partial charge on any atom is -0.350 e. The van der Waals surface area contributed by atoms with Crippen molar-refractivity contribution in [1.82, 2.24) is 24.4 Å². The quantitative estimate of drug-likeness (QED) is 0.665. The fourth-order valence-corrected chi connectivity index (χ4v) is 5.34. The maximum absolute atomic E-state index is 13.3. The van der Waals surface area contributed by atoms with Gasteiger partial charge in [-0.25, -0.2) is 13.4 Å². The number of benzene rings is 1. The van der Waals surface area contributed by atoms with Crippen molar-refractivity contribution in [2.45, 2.75) is 24.9 Å². The van der Waals surface area contributed by atoms with Gasteiger partial charge in [-0.1, -0.05) is 17.7 Å². The van der Waals surface area contributed by atoms with Gasteiger partial charge in [0.15, 0.2) is 0 Å². The highest BCUT2D eigenvalue weighted by Gasteiger charge is 2.31.